The molecule has 0 aromatic carbocycles. The lowest BCUT2D eigenvalue weighted by atomic mass is 10.1. The number of nitrogens with two attached hydrogens (primary N) is 1. The fraction of sp³-hybridized carbons (Fsp3) is 0.636. The molecule has 5 nitrogen and oxygen atoms in total. The molecule has 6 heteroatoms. The standard InChI is InChI=1S/C11H18IN3O2/c1-5-17-11(2,3)10-14-7(6-16-4)8(12)9(13)15-10/h5-6H2,1-4H3,(H2,13,14,15). The van der Waals surface area contributed by atoms with Crippen LogP contribution in [-0.2, 0) is 21.7 Å². The minimum Gasteiger partial charge on any atom is -0.383 e. The van der Waals surface area contributed by atoms with Crippen LogP contribution in [0.5, 0.6) is 0 Å². The van der Waals surface area contributed by atoms with Crippen LogP contribution in [0.15, 0.2) is 0 Å². The fourth-order valence-electron chi connectivity index (χ4n) is 1.44. The SMILES string of the molecule is CCOC(C)(C)c1nc(N)c(I)c(COC)n1. The van der Waals surface area contributed by atoms with Crippen molar-refractivity contribution in [1.82, 2.24) is 9.97 Å². The highest BCUT2D eigenvalue weighted by Gasteiger charge is 2.26. The number of rotatable bonds is 5. The second-order valence-corrected chi connectivity index (χ2v) is 5.15. The Bertz CT molecular complexity index is 397. The van der Waals surface area contributed by atoms with Gasteiger partial charge in [0.15, 0.2) is 5.82 Å². The quantitative estimate of drug-likeness (QED) is 0.823. The average molecular weight is 351 g/mol. The number of hydrogen-bond acceptors (Lipinski definition) is 5. The molecule has 0 saturated heterocycles. The molecular weight excluding hydrogens is 333 g/mol. The molecule has 0 amide bonds. The van der Waals surface area contributed by atoms with Gasteiger partial charge in [0.2, 0.25) is 0 Å². The lowest BCUT2D eigenvalue weighted by molar-refractivity contribution is -0.0210. The highest BCUT2D eigenvalue weighted by molar-refractivity contribution is 14.1. The average Bonchev–Trinajstić information content (AvgIpc) is 2.24. The normalized spacial score (nSPS) is 11.8. The third-order valence-electron chi connectivity index (χ3n) is 2.27. The van der Waals surface area contributed by atoms with Crippen molar-refractivity contribution in [3.8, 4) is 0 Å². The van der Waals surface area contributed by atoms with Crippen molar-refractivity contribution in [2.45, 2.75) is 33.0 Å². The first-order valence-corrected chi connectivity index (χ1v) is 6.45. The minimum absolute atomic E-state index is 0.417. The maximum Gasteiger partial charge on any atom is 0.162 e. The first-order valence-electron chi connectivity index (χ1n) is 5.37. The summed E-state index contributed by atoms with van der Waals surface area (Å²) in [7, 11) is 1.63. The number of nitrogens with zero attached hydrogens (tertiary/aromatic N) is 2. The first kappa shape index (κ1) is 14.6. The van der Waals surface area contributed by atoms with Gasteiger partial charge in [0.25, 0.3) is 0 Å². The third kappa shape index (κ3) is 3.49. The molecule has 17 heavy (non-hydrogen) atoms. The Hall–Kier alpha value is -0.470. The topological polar surface area (TPSA) is 70.3 Å². The summed E-state index contributed by atoms with van der Waals surface area (Å²) in [5, 5.41) is 0. The summed E-state index contributed by atoms with van der Waals surface area (Å²) >= 11 is 2.12. The van der Waals surface area contributed by atoms with Crippen LogP contribution in [0.1, 0.15) is 32.3 Å². The summed E-state index contributed by atoms with van der Waals surface area (Å²) < 4.78 is 11.6. The summed E-state index contributed by atoms with van der Waals surface area (Å²) in [6.45, 7) is 6.80. The van der Waals surface area contributed by atoms with Crippen LogP contribution in [0.25, 0.3) is 0 Å². The van der Waals surface area contributed by atoms with E-state index in [0.717, 1.165) is 9.26 Å². The van der Waals surface area contributed by atoms with Crippen LogP contribution in [-0.4, -0.2) is 23.7 Å². The van der Waals surface area contributed by atoms with E-state index in [-0.39, 0.29) is 0 Å². The molecule has 0 radical (unpaired) electrons. The van der Waals surface area contributed by atoms with Crippen molar-refractivity contribution in [2.75, 3.05) is 19.5 Å². The van der Waals surface area contributed by atoms with Crippen LogP contribution in [0, 0.1) is 3.57 Å². The van der Waals surface area contributed by atoms with Gasteiger partial charge in [-0.25, -0.2) is 9.97 Å². The van der Waals surface area contributed by atoms with Gasteiger partial charge in [-0.15, -0.1) is 0 Å². The number of anilines is 1. The van der Waals surface area contributed by atoms with Crippen molar-refractivity contribution in [2.24, 2.45) is 0 Å². The second-order valence-electron chi connectivity index (χ2n) is 4.07. The van der Waals surface area contributed by atoms with Gasteiger partial charge in [-0.1, -0.05) is 0 Å². The van der Waals surface area contributed by atoms with Crippen molar-refractivity contribution in [3.63, 3.8) is 0 Å². The number of halogens is 1. The molecule has 0 spiro atoms. The van der Waals surface area contributed by atoms with Crippen molar-refractivity contribution in [3.05, 3.63) is 15.1 Å². The van der Waals surface area contributed by atoms with Gasteiger partial charge < -0.3 is 15.2 Å². The molecule has 0 aliphatic heterocycles. The zero-order valence-electron chi connectivity index (χ0n) is 10.6. The molecule has 0 unspecified atom stereocenters. The molecule has 0 aliphatic carbocycles. The highest BCUT2D eigenvalue weighted by atomic mass is 127. The Morgan fingerprint density at radius 3 is 2.53 bits per heavy atom. The van der Waals surface area contributed by atoms with Crippen molar-refractivity contribution in [1.29, 1.82) is 0 Å². The van der Waals surface area contributed by atoms with Crippen molar-refractivity contribution < 1.29 is 9.47 Å². The molecule has 1 aromatic rings. The summed E-state index contributed by atoms with van der Waals surface area (Å²) in [5.41, 5.74) is 6.12. The molecule has 1 rings (SSSR count). The Labute approximate surface area is 115 Å². The van der Waals surface area contributed by atoms with E-state index in [4.69, 9.17) is 15.2 Å². The third-order valence-corrected chi connectivity index (χ3v) is 3.45. The summed E-state index contributed by atoms with van der Waals surface area (Å²) in [6.07, 6.45) is 0. The van der Waals surface area contributed by atoms with Crippen LogP contribution >= 0.6 is 22.6 Å². The van der Waals surface area contributed by atoms with E-state index in [1.165, 1.54) is 0 Å². The molecule has 1 heterocycles. The van der Waals surface area contributed by atoms with Crippen LogP contribution in [0.3, 0.4) is 0 Å². The zero-order chi connectivity index (χ0) is 13.1. The Morgan fingerprint density at radius 2 is 2.00 bits per heavy atom. The van der Waals surface area contributed by atoms with E-state index in [1.54, 1.807) is 7.11 Å². The van der Waals surface area contributed by atoms with E-state index in [1.807, 2.05) is 20.8 Å². The maximum absolute atomic E-state index is 5.87. The number of methoxy groups -OCH3 is 1. The van der Waals surface area contributed by atoms with E-state index >= 15 is 0 Å². The summed E-state index contributed by atoms with van der Waals surface area (Å²) in [5.74, 6) is 1.06. The van der Waals surface area contributed by atoms with Gasteiger partial charge in [-0.2, -0.15) is 0 Å². The largest absolute Gasteiger partial charge is 0.383 e. The van der Waals surface area contributed by atoms with E-state index in [2.05, 4.69) is 32.6 Å². The van der Waals surface area contributed by atoms with Gasteiger partial charge in [-0.05, 0) is 43.4 Å². The monoisotopic (exact) mass is 351 g/mol. The fourth-order valence-corrected chi connectivity index (χ4v) is 1.84. The molecule has 96 valence electrons. The molecule has 0 saturated carbocycles. The molecule has 1 aromatic heterocycles. The Balaban J connectivity index is 3.17. The van der Waals surface area contributed by atoms with Gasteiger partial charge in [0.05, 0.1) is 15.9 Å². The predicted octanol–water partition coefficient (Wildman–Crippen LogP) is 2.08. The minimum atomic E-state index is -0.546. The van der Waals surface area contributed by atoms with Crippen LogP contribution in [0.4, 0.5) is 5.82 Å². The molecular formula is C11H18IN3O2. The summed E-state index contributed by atoms with van der Waals surface area (Å²) in [4.78, 5) is 8.75. The number of hydrogen-bond donors (Lipinski definition) is 1. The maximum atomic E-state index is 5.87. The Kier molecular flexibility index (Phi) is 5.08. The molecule has 0 bridgehead atoms. The lowest BCUT2D eigenvalue weighted by Crippen LogP contribution is -2.26. The highest BCUT2D eigenvalue weighted by Crippen LogP contribution is 2.25. The molecule has 2 N–H and O–H groups in total. The summed E-state index contributed by atoms with van der Waals surface area (Å²) in [6, 6.07) is 0. The molecule has 0 atom stereocenters. The Morgan fingerprint density at radius 1 is 1.35 bits per heavy atom. The van der Waals surface area contributed by atoms with Gasteiger partial charge in [0, 0.05) is 13.7 Å². The smallest absolute Gasteiger partial charge is 0.162 e. The second kappa shape index (κ2) is 5.92. The predicted molar refractivity (Wildman–Crippen MR) is 74.5 cm³/mol. The molecule has 0 aliphatic rings. The zero-order valence-corrected chi connectivity index (χ0v) is 12.7. The van der Waals surface area contributed by atoms with Gasteiger partial charge in [-0.3, -0.25) is 0 Å². The van der Waals surface area contributed by atoms with Crippen LogP contribution in [0.2, 0.25) is 0 Å². The first-order chi connectivity index (χ1) is 7.92. The van der Waals surface area contributed by atoms with Gasteiger partial charge >= 0.3 is 0 Å². The van der Waals surface area contributed by atoms with Crippen LogP contribution < -0.4 is 5.73 Å². The van der Waals surface area contributed by atoms with E-state index in [9.17, 15) is 0 Å². The molecule has 0 fully saturated rings. The lowest BCUT2D eigenvalue weighted by Gasteiger charge is -2.24. The number of nitrogen functional groups attached to an aromatic ring is 1. The van der Waals surface area contributed by atoms with Gasteiger partial charge in [0.1, 0.15) is 11.4 Å². The number of aromatic nitrogens is 2. The van der Waals surface area contributed by atoms with E-state index in [0.29, 0.717) is 24.9 Å². The van der Waals surface area contributed by atoms with Crippen molar-refractivity contribution >= 4 is 28.4 Å². The van der Waals surface area contributed by atoms with E-state index < -0.39 is 5.60 Å². The number of ether oxygens (including phenoxy) is 2.